The third-order valence-corrected chi connectivity index (χ3v) is 8.32. The lowest BCUT2D eigenvalue weighted by Gasteiger charge is -2.33. The van der Waals surface area contributed by atoms with E-state index in [1.165, 1.54) is 6.33 Å². The van der Waals surface area contributed by atoms with E-state index in [4.69, 9.17) is 19.9 Å². The highest BCUT2D eigenvalue weighted by Gasteiger charge is 2.25. The molecule has 0 saturated carbocycles. The third-order valence-electron chi connectivity index (χ3n) is 6.71. The van der Waals surface area contributed by atoms with Gasteiger partial charge >= 0.3 is 0 Å². The van der Waals surface area contributed by atoms with Gasteiger partial charge in [0.05, 0.1) is 42.1 Å². The Kier molecular flexibility index (Phi) is 9.40. The monoisotopic (exact) mass is 554 g/mol. The number of rotatable bonds is 9. The van der Waals surface area contributed by atoms with Gasteiger partial charge in [-0.25, -0.2) is 18.4 Å². The molecule has 2 saturated heterocycles. The largest absolute Gasteiger partial charge is 0.489 e. The van der Waals surface area contributed by atoms with E-state index >= 15 is 0 Å². The van der Waals surface area contributed by atoms with Crippen LogP contribution in [0.3, 0.4) is 0 Å². The fourth-order valence-corrected chi connectivity index (χ4v) is 5.59. The van der Waals surface area contributed by atoms with Gasteiger partial charge in [0.15, 0.2) is 9.84 Å². The van der Waals surface area contributed by atoms with Crippen molar-refractivity contribution in [3.8, 4) is 23.1 Å². The van der Waals surface area contributed by atoms with E-state index in [2.05, 4.69) is 21.4 Å². The Morgan fingerprint density at radius 2 is 1.97 bits per heavy atom. The fourth-order valence-electron chi connectivity index (χ4n) is 4.39. The quantitative estimate of drug-likeness (QED) is 0.440. The minimum Gasteiger partial charge on any atom is -0.489 e. The second kappa shape index (κ2) is 12.9. The van der Waals surface area contributed by atoms with Crippen molar-refractivity contribution < 1.29 is 22.6 Å². The summed E-state index contributed by atoms with van der Waals surface area (Å²) in [6.07, 6.45) is 6.33. The van der Waals surface area contributed by atoms with E-state index in [-0.39, 0.29) is 23.7 Å². The molecule has 0 spiro atoms. The van der Waals surface area contributed by atoms with Crippen LogP contribution in [-0.4, -0.2) is 80.4 Å². The normalized spacial score (nSPS) is 19.3. The topological polar surface area (TPSA) is 153 Å². The maximum Gasteiger partial charge on any atom is 0.153 e. The number of hydrogen-bond donors (Lipinski definition) is 2. The SMILES string of the molecule is COC(C)/C(=C\C=C(/N)Nc1cc(-c2ccc(OC3CCOCC3)c(C#N)c2)ncn1)N1CCS(=O)(=O)CC1. The van der Waals surface area contributed by atoms with Crippen molar-refractivity contribution in [2.75, 3.05) is 50.2 Å². The zero-order chi connectivity index (χ0) is 27.8. The van der Waals surface area contributed by atoms with E-state index < -0.39 is 9.84 Å². The maximum absolute atomic E-state index is 11.8. The molecule has 1 atom stereocenters. The number of nitrogens with two attached hydrogens (primary N) is 1. The fraction of sp³-hybridized carbons (Fsp3) is 0.444. The zero-order valence-corrected chi connectivity index (χ0v) is 23.0. The smallest absolute Gasteiger partial charge is 0.153 e. The van der Waals surface area contributed by atoms with Gasteiger partial charge in [-0.15, -0.1) is 0 Å². The molecule has 12 heteroatoms. The summed E-state index contributed by atoms with van der Waals surface area (Å²) in [5.41, 5.74) is 8.87. The molecule has 11 nitrogen and oxygen atoms in total. The number of allylic oxidation sites excluding steroid dienone is 2. The molecule has 2 aliphatic rings. The zero-order valence-electron chi connectivity index (χ0n) is 22.2. The second-order valence-corrected chi connectivity index (χ2v) is 11.7. The molecule has 0 bridgehead atoms. The average Bonchev–Trinajstić information content (AvgIpc) is 2.94. The van der Waals surface area contributed by atoms with E-state index in [0.717, 1.165) is 24.1 Å². The minimum atomic E-state index is -3.00. The summed E-state index contributed by atoms with van der Waals surface area (Å²) in [6, 6.07) is 9.37. The van der Waals surface area contributed by atoms with Crippen molar-refractivity contribution in [2.45, 2.75) is 32.0 Å². The molecule has 0 radical (unpaired) electrons. The third kappa shape index (κ3) is 7.69. The molecule has 2 aromatic rings. The van der Waals surface area contributed by atoms with Crippen molar-refractivity contribution in [1.29, 1.82) is 5.26 Å². The van der Waals surface area contributed by atoms with Gasteiger partial charge in [0.25, 0.3) is 0 Å². The molecule has 0 amide bonds. The predicted octanol–water partition coefficient (Wildman–Crippen LogP) is 2.43. The summed E-state index contributed by atoms with van der Waals surface area (Å²) < 4.78 is 40.6. The highest BCUT2D eigenvalue weighted by atomic mass is 32.2. The summed E-state index contributed by atoms with van der Waals surface area (Å²) in [6.45, 7) is 4.02. The van der Waals surface area contributed by atoms with Gasteiger partial charge in [-0.1, -0.05) is 0 Å². The van der Waals surface area contributed by atoms with Gasteiger partial charge in [-0.2, -0.15) is 5.26 Å². The number of anilines is 1. The molecule has 1 aromatic carbocycles. The lowest BCUT2D eigenvalue weighted by atomic mass is 10.1. The Labute approximate surface area is 229 Å². The Morgan fingerprint density at radius 3 is 2.67 bits per heavy atom. The van der Waals surface area contributed by atoms with Crippen LogP contribution in [0.2, 0.25) is 0 Å². The number of nitrogens with one attached hydrogen (secondary N) is 1. The Hall–Kier alpha value is -3.66. The maximum atomic E-state index is 11.8. The van der Waals surface area contributed by atoms with Gasteiger partial charge in [-0.05, 0) is 37.3 Å². The van der Waals surface area contributed by atoms with Gasteiger partial charge in [0.2, 0.25) is 0 Å². The summed E-state index contributed by atoms with van der Waals surface area (Å²) in [5.74, 6) is 1.58. The van der Waals surface area contributed by atoms with Crippen LogP contribution in [0.1, 0.15) is 25.3 Å². The molecule has 4 rings (SSSR count). The molecule has 2 aliphatic heterocycles. The molecule has 3 heterocycles. The summed E-state index contributed by atoms with van der Waals surface area (Å²) in [5, 5.41) is 12.8. The van der Waals surface area contributed by atoms with Crippen LogP contribution < -0.4 is 15.8 Å². The molecule has 1 aromatic heterocycles. The summed E-state index contributed by atoms with van der Waals surface area (Å²) >= 11 is 0. The number of benzene rings is 1. The molecule has 1 unspecified atom stereocenters. The van der Waals surface area contributed by atoms with Gasteiger partial charge in [0.1, 0.15) is 35.9 Å². The summed E-state index contributed by atoms with van der Waals surface area (Å²) in [4.78, 5) is 10.6. The standard InChI is InChI=1S/C27H34N6O5S/c1-19(36-2)24(33-9-13-39(34,35)14-10-33)4-6-26(29)32-27-16-23(30-18-31-27)20-3-5-25(21(15-20)17-28)38-22-7-11-37-12-8-22/h3-6,15-16,18-19,22H,7-14,29H2,1-2H3,(H,30,31,32)/b24-4+,26-6+. The van der Waals surface area contributed by atoms with Crippen LogP contribution in [0, 0.1) is 11.3 Å². The Bertz CT molecular complexity index is 1350. The molecule has 208 valence electrons. The summed E-state index contributed by atoms with van der Waals surface area (Å²) in [7, 11) is -1.39. The number of methoxy groups -OCH3 is 1. The molecular formula is C27H34N6O5S. The van der Waals surface area contributed by atoms with E-state index in [9.17, 15) is 13.7 Å². The average molecular weight is 555 g/mol. The van der Waals surface area contributed by atoms with E-state index in [0.29, 0.717) is 54.9 Å². The van der Waals surface area contributed by atoms with Crippen LogP contribution >= 0.6 is 0 Å². The van der Waals surface area contributed by atoms with Crippen molar-refractivity contribution in [1.82, 2.24) is 14.9 Å². The number of aromatic nitrogens is 2. The molecule has 0 aliphatic carbocycles. The first-order chi connectivity index (χ1) is 18.8. The van der Waals surface area contributed by atoms with Gasteiger partial charge in [0, 0.05) is 50.4 Å². The van der Waals surface area contributed by atoms with E-state index in [1.54, 1.807) is 31.4 Å². The number of hydrogen-bond acceptors (Lipinski definition) is 11. The lowest BCUT2D eigenvalue weighted by molar-refractivity contribution is 0.0254. The van der Waals surface area contributed by atoms with Crippen molar-refractivity contribution in [3.05, 3.63) is 59.8 Å². The van der Waals surface area contributed by atoms with E-state index in [1.807, 2.05) is 24.0 Å². The van der Waals surface area contributed by atoms with Crippen LogP contribution in [0.4, 0.5) is 5.82 Å². The second-order valence-electron chi connectivity index (χ2n) is 9.40. The molecular weight excluding hydrogens is 520 g/mol. The molecule has 39 heavy (non-hydrogen) atoms. The lowest BCUT2D eigenvalue weighted by Crippen LogP contribution is -2.42. The van der Waals surface area contributed by atoms with Crippen molar-refractivity contribution in [2.24, 2.45) is 5.73 Å². The first kappa shape index (κ1) is 28.4. The Morgan fingerprint density at radius 1 is 1.23 bits per heavy atom. The van der Waals surface area contributed by atoms with Crippen molar-refractivity contribution >= 4 is 15.7 Å². The van der Waals surface area contributed by atoms with Crippen molar-refractivity contribution in [3.63, 3.8) is 0 Å². The van der Waals surface area contributed by atoms with Crippen LogP contribution in [-0.2, 0) is 19.3 Å². The number of nitrogens with zero attached hydrogens (tertiary/aromatic N) is 4. The number of sulfone groups is 1. The van der Waals surface area contributed by atoms with Crippen LogP contribution in [0.5, 0.6) is 5.75 Å². The van der Waals surface area contributed by atoms with Crippen LogP contribution in [0.15, 0.2) is 54.3 Å². The first-order valence-corrected chi connectivity index (χ1v) is 14.6. The minimum absolute atomic E-state index is 0.0331. The molecule has 3 N–H and O–H groups in total. The van der Waals surface area contributed by atoms with Crippen LogP contribution in [0.25, 0.3) is 11.3 Å². The predicted molar refractivity (Wildman–Crippen MR) is 147 cm³/mol. The Balaban J connectivity index is 1.48. The number of ether oxygens (including phenoxy) is 3. The number of nitriles is 1. The highest BCUT2D eigenvalue weighted by Crippen LogP contribution is 2.28. The van der Waals surface area contributed by atoms with Gasteiger partial charge < -0.3 is 30.2 Å². The highest BCUT2D eigenvalue weighted by molar-refractivity contribution is 7.91. The molecule has 2 fully saturated rings. The van der Waals surface area contributed by atoms with Gasteiger partial charge in [-0.3, -0.25) is 0 Å². The first-order valence-electron chi connectivity index (χ1n) is 12.8.